The monoisotopic (exact) mass is 225 g/mol. The fourth-order valence-corrected chi connectivity index (χ4v) is 0. The van der Waals surface area contributed by atoms with Gasteiger partial charge in [0.1, 0.15) is 0 Å². The molecular formula is H3AgO4V. The van der Waals surface area contributed by atoms with Gasteiger partial charge >= 0.3 is 30.8 Å². The Morgan fingerprint density at radius 3 is 1.17 bits per heavy atom. The summed E-state index contributed by atoms with van der Waals surface area (Å²) in [4.78, 5) is 0. The average molecular weight is 226 g/mol. The van der Waals surface area contributed by atoms with Crippen molar-refractivity contribution in [1.82, 2.24) is 0 Å². The molecule has 3 N–H and O–H groups in total. The SMILES string of the molecule is [Ag].[O]=[V]([OH])([OH])[OH]. The molecule has 0 spiro atoms. The van der Waals surface area contributed by atoms with Gasteiger partial charge in [0.15, 0.2) is 0 Å². The molecule has 4 nitrogen and oxygen atoms in total. The normalized spacial score (nSPS) is 9.83. The molecular weight excluding hydrogens is 223 g/mol. The molecule has 6 heteroatoms. The summed E-state index contributed by atoms with van der Waals surface area (Å²) >= 11 is -5.12. The summed E-state index contributed by atoms with van der Waals surface area (Å²) in [5, 5.41) is 0. The van der Waals surface area contributed by atoms with Crippen molar-refractivity contribution in [3.8, 4) is 0 Å². The van der Waals surface area contributed by atoms with E-state index in [-0.39, 0.29) is 22.4 Å². The third-order valence-corrected chi connectivity index (χ3v) is 0. The van der Waals surface area contributed by atoms with Gasteiger partial charge in [-0.3, -0.25) is 0 Å². The third-order valence-electron chi connectivity index (χ3n) is 0. The molecule has 0 aromatic carbocycles. The Balaban J connectivity index is 0. The summed E-state index contributed by atoms with van der Waals surface area (Å²) in [6.45, 7) is 0. The molecule has 0 rings (SSSR count). The van der Waals surface area contributed by atoms with E-state index in [4.69, 9.17) is 15.8 Å². The zero-order valence-corrected chi connectivity index (χ0v) is 5.38. The standard InChI is InChI=1S/Ag.3H2O.O.V/h;3*1H2;;/q;;;;;+3/p-3. The summed E-state index contributed by atoms with van der Waals surface area (Å²) in [5.74, 6) is 0. The predicted octanol–water partition coefficient (Wildman–Crippen LogP) is -1.79. The molecule has 0 aliphatic heterocycles. The average Bonchev–Trinajstić information content (AvgIpc) is 0.722. The fraction of sp³-hybridized carbons (Fsp3) is 0. The Morgan fingerprint density at radius 1 is 1.17 bits per heavy atom. The molecule has 0 amide bonds. The predicted molar refractivity (Wildman–Crippen MR) is 7.34 cm³/mol. The van der Waals surface area contributed by atoms with E-state index in [0.29, 0.717) is 0 Å². The van der Waals surface area contributed by atoms with Crippen molar-refractivity contribution in [2.24, 2.45) is 0 Å². The molecule has 0 aromatic rings. The third kappa shape index (κ3) is 79.5. The molecule has 0 aliphatic carbocycles. The van der Waals surface area contributed by atoms with Gasteiger partial charge in [0, 0.05) is 22.4 Å². The zero-order chi connectivity index (χ0) is 4.50. The van der Waals surface area contributed by atoms with Gasteiger partial charge in [-0.05, 0) is 0 Å². The van der Waals surface area contributed by atoms with Gasteiger partial charge in [-0.2, -0.15) is 0 Å². The van der Waals surface area contributed by atoms with Crippen LogP contribution in [0.25, 0.3) is 0 Å². The summed E-state index contributed by atoms with van der Waals surface area (Å²) in [5.41, 5.74) is 0. The second-order valence-electron chi connectivity index (χ2n) is 0.513. The van der Waals surface area contributed by atoms with E-state index in [9.17, 15) is 0 Å². The summed E-state index contributed by atoms with van der Waals surface area (Å²) in [6, 6.07) is 0. The van der Waals surface area contributed by atoms with E-state index in [0.717, 1.165) is 0 Å². The summed E-state index contributed by atoms with van der Waals surface area (Å²) in [6.07, 6.45) is 0. The molecule has 0 aromatic heterocycles. The van der Waals surface area contributed by atoms with Gasteiger partial charge in [-0.15, -0.1) is 0 Å². The topological polar surface area (TPSA) is 77.8 Å². The van der Waals surface area contributed by atoms with E-state index >= 15 is 0 Å². The molecule has 1 radical (unpaired) electrons. The second-order valence-corrected chi connectivity index (χ2v) is 2.12. The Labute approximate surface area is 53.3 Å². The van der Waals surface area contributed by atoms with Gasteiger partial charge in [-0.25, -0.2) is 0 Å². The first kappa shape index (κ1) is 10.1. The van der Waals surface area contributed by atoms with Crippen LogP contribution in [-0.2, 0) is 41.1 Å². The molecule has 0 saturated heterocycles. The van der Waals surface area contributed by atoms with Crippen LogP contribution in [-0.4, -0.2) is 12.1 Å². The number of hydrogen-bond acceptors (Lipinski definition) is 1. The van der Waals surface area contributed by atoms with Crippen LogP contribution < -0.4 is 0 Å². The zero-order valence-electron chi connectivity index (χ0n) is 2.50. The quantitative estimate of drug-likeness (QED) is 0.426. The van der Waals surface area contributed by atoms with E-state index in [1.807, 2.05) is 0 Å². The molecule has 0 aliphatic rings. The first-order valence-corrected chi connectivity index (χ1v) is 3.23. The van der Waals surface area contributed by atoms with Crippen LogP contribution in [0.3, 0.4) is 0 Å². The van der Waals surface area contributed by atoms with Crippen molar-refractivity contribution >= 4 is 0 Å². The van der Waals surface area contributed by atoms with Crippen LogP contribution >= 0.6 is 0 Å². The summed E-state index contributed by atoms with van der Waals surface area (Å²) in [7, 11) is 0. The van der Waals surface area contributed by atoms with Gasteiger partial charge in [0.25, 0.3) is 0 Å². The van der Waals surface area contributed by atoms with Crippen molar-refractivity contribution in [3.63, 3.8) is 0 Å². The van der Waals surface area contributed by atoms with Gasteiger partial charge < -0.3 is 0 Å². The molecule has 0 unspecified atom stereocenters. The van der Waals surface area contributed by atoms with Crippen LogP contribution in [0.5, 0.6) is 0 Å². The Hall–Kier alpha value is 1.00. The second kappa shape index (κ2) is 3.07. The molecule has 0 bridgehead atoms. The fourth-order valence-electron chi connectivity index (χ4n) is 0. The van der Waals surface area contributed by atoms with E-state index < -0.39 is 15.0 Å². The maximum absolute atomic E-state index is 8.94. The van der Waals surface area contributed by atoms with Crippen molar-refractivity contribution in [1.29, 1.82) is 0 Å². The van der Waals surface area contributed by atoms with Crippen molar-refractivity contribution in [2.75, 3.05) is 0 Å². The molecule has 0 atom stereocenters. The number of hydrogen-bond donors (Lipinski definition) is 3. The van der Waals surface area contributed by atoms with E-state index in [1.165, 1.54) is 0 Å². The van der Waals surface area contributed by atoms with Gasteiger partial charge in [0.05, 0.1) is 0 Å². The van der Waals surface area contributed by atoms with Gasteiger partial charge in [0.2, 0.25) is 0 Å². The maximum atomic E-state index is 8.94. The Morgan fingerprint density at radius 2 is 1.17 bits per heavy atom. The van der Waals surface area contributed by atoms with Crippen molar-refractivity contribution in [3.05, 3.63) is 0 Å². The molecule has 6 heavy (non-hydrogen) atoms. The first-order chi connectivity index (χ1) is 2.00. The molecule has 0 heterocycles. The van der Waals surface area contributed by atoms with Crippen molar-refractivity contribution in [2.45, 2.75) is 0 Å². The summed E-state index contributed by atoms with van der Waals surface area (Å²) < 4.78 is 30.7. The first-order valence-electron chi connectivity index (χ1n) is 0.783. The minimum absolute atomic E-state index is 0. The number of rotatable bonds is 0. The van der Waals surface area contributed by atoms with E-state index in [1.54, 1.807) is 0 Å². The molecule has 43 valence electrons. The molecule has 0 saturated carbocycles. The van der Waals surface area contributed by atoms with Crippen LogP contribution in [0.1, 0.15) is 0 Å². The van der Waals surface area contributed by atoms with Crippen LogP contribution in [0, 0.1) is 0 Å². The van der Waals surface area contributed by atoms with Crippen LogP contribution in [0.4, 0.5) is 0 Å². The van der Waals surface area contributed by atoms with Crippen molar-refractivity contribution < 1.29 is 53.2 Å². The van der Waals surface area contributed by atoms with Crippen LogP contribution in [0.15, 0.2) is 0 Å². The van der Waals surface area contributed by atoms with Crippen LogP contribution in [0.2, 0.25) is 0 Å². The van der Waals surface area contributed by atoms with Gasteiger partial charge in [-0.1, -0.05) is 0 Å². The minimum atomic E-state index is -5.12. The Kier molecular flexibility index (Phi) is 5.15. The Bertz CT molecular complexity index is 53.7. The molecule has 0 fully saturated rings. The van der Waals surface area contributed by atoms with E-state index in [2.05, 4.69) is 0 Å².